The Bertz CT molecular complexity index is 263. The number of piperidine rings is 1. The molecular formula is C16H30N2O. The minimum atomic E-state index is -0.174. The molecule has 0 radical (unpaired) electrons. The fourth-order valence-corrected chi connectivity index (χ4v) is 3.43. The summed E-state index contributed by atoms with van der Waals surface area (Å²) in [5.74, 6) is 0.824. The van der Waals surface area contributed by atoms with Gasteiger partial charge in [-0.1, -0.05) is 12.5 Å². The van der Waals surface area contributed by atoms with Crippen LogP contribution in [0.4, 0.5) is 0 Å². The predicted octanol–water partition coefficient (Wildman–Crippen LogP) is 2.12. The zero-order valence-electron chi connectivity index (χ0n) is 12.3. The van der Waals surface area contributed by atoms with Gasteiger partial charge in [0.25, 0.3) is 0 Å². The van der Waals surface area contributed by atoms with Crippen LogP contribution in [-0.4, -0.2) is 60.3 Å². The highest BCUT2D eigenvalue weighted by molar-refractivity contribution is 4.81. The number of hydrogen-bond donors (Lipinski definition) is 1. The second-order valence-corrected chi connectivity index (χ2v) is 6.30. The van der Waals surface area contributed by atoms with Crippen molar-refractivity contribution in [2.45, 2.75) is 44.6 Å². The molecule has 2 aliphatic heterocycles. The summed E-state index contributed by atoms with van der Waals surface area (Å²) in [7, 11) is 0. The van der Waals surface area contributed by atoms with Gasteiger partial charge < -0.3 is 14.9 Å². The summed E-state index contributed by atoms with van der Waals surface area (Å²) in [6, 6.07) is 0. The van der Waals surface area contributed by atoms with E-state index in [9.17, 15) is 5.11 Å². The number of allylic oxidation sites excluding steroid dienone is 1. The number of aliphatic hydroxyl groups excluding tert-OH is 1. The first kappa shape index (κ1) is 15.0. The molecule has 0 aromatic heterocycles. The molecule has 1 N–H and O–H groups in total. The maximum absolute atomic E-state index is 9.95. The Morgan fingerprint density at radius 2 is 1.95 bits per heavy atom. The van der Waals surface area contributed by atoms with E-state index >= 15 is 0 Å². The molecule has 0 amide bonds. The molecule has 3 nitrogen and oxygen atoms in total. The molecule has 2 atom stereocenters. The first-order valence-corrected chi connectivity index (χ1v) is 8.01. The van der Waals surface area contributed by atoms with E-state index in [4.69, 9.17) is 0 Å². The number of likely N-dealkylation sites (tertiary alicyclic amines) is 2. The Kier molecular flexibility index (Phi) is 6.35. The Morgan fingerprint density at radius 3 is 2.68 bits per heavy atom. The lowest BCUT2D eigenvalue weighted by Crippen LogP contribution is -2.36. The van der Waals surface area contributed by atoms with Crippen LogP contribution in [0.25, 0.3) is 0 Å². The molecule has 0 aliphatic carbocycles. The number of rotatable bonds is 7. The van der Waals surface area contributed by atoms with Gasteiger partial charge in [0.05, 0.1) is 6.10 Å². The lowest BCUT2D eigenvalue weighted by atomic mass is 10.1. The van der Waals surface area contributed by atoms with E-state index in [0.717, 1.165) is 25.3 Å². The molecule has 0 saturated carbocycles. The highest BCUT2D eigenvalue weighted by Gasteiger charge is 2.25. The molecule has 0 aromatic carbocycles. The number of nitrogens with zero attached hydrogens (tertiary/aromatic N) is 2. The van der Waals surface area contributed by atoms with Gasteiger partial charge in [-0.3, -0.25) is 0 Å². The number of hydrogen-bond acceptors (Lipinski definition) is 3. The first-order valence-electron chi connectivity index (χ1n) is 8.01. The van der Waals surface area contributed by atoms with Crippen LogP contribution < -0.4 is 0 Å². The van der Waals surface area contributed by atoms with Crippen molar-refractivity contribution in [2.24, 2.45) is 5.92 Å². The third-order valence-electron chi connectivity index (χ3n) is 4.51. The van der Waals surface area contributed by atoms with Gasteiger partial charge in [-0.05, 0) is 57.7 Å². The smallest absolute Gasteiger partial charge is 0.0670 e. The minimum absolute atomic E-state index is 0.174. The molecule has 0 spiro atoms. The van der Waals surface area contributed by atoms with Gasteiger partial charge in [-0.15, -0.1) is 6.58 Å². The fourth-order valence-electron chi connectivity index (χ4n) is 3.43. The fraction of sp³-hybridized carbons (Fsp3) is 0.875. The van der Waals surface area contributed by atoms with E-state index in [1.54, 1.807) is 0 Å². The van der Waals surface area contributed by atoms with Crippen LogP contribution in [0.2, 0.25) is 0 Å². The maximum atomic E-state index is 9.95. The second-order valence-electron chi connectivity index (χ2n) is 6.30. The van der Waals surface area contributed by atoms with Gasteiger partial charge in [0.15, 0.2) is 0 Å². The van der Waals surface area contributed by atoms with Gasteiger partial charge in [0, 0.05) is 19.6 Å². The van der Waals surface area contributed by atoms with Crippen molar-refractivity contribution in [1.82, 2.24) is 9.80 Å². The van der Waals surface area contributed by atoms with E-state index in [2.05, 4.69) is 16.4 Å². The molecular weight excluding hydrogens is 236 g/mol. The summed E-state index contributed by atoms with van der Waals surface area (Å²) in [6.45, 7) is 10.8. The van der Waals surface area contributed by atoms with Crippen molar-refractivity contribution >= 4 is 0 Å². The number of β-amino-alcohol motifs (C(OH)–C–C–N with tert-alkyl or cyclic N) is 1. The molecule has 19 heavy (non-hydrogen) atoms. The monoisotopic (exact) mass is 266 g/mol. The maximum Gasteiger partial charge on any atom is 0.0670 e. The van der Waals surface area contributed by atoms with Crippen molar-refractivity contribution in [3.8, 4) is 0 Å². The van der Waals surface area contributed by atoms with Crippen LogP contribution >= 0.6 is 0 Å². The number of aliphatic hydroxyl groups is 1. The van der Waals surface area contributed by atoms with E-state index < -0.39 is 0 Å². The van der Waals surface area contributed by atoms with E-state index in [0.29, 0.717) is 0 Å². The summed E-state index contributed by atoms with van der Waals surface area (Å²) >= 11 is 0. The predicted molar refractivity (Wildman–Crippen MR) is 80.3 cm³/mol. The molecule has 2 rings (SSSR count). The summed E-state index contributed by atoms with van der Waals surface area (Å²) < 4.78 is 0. The highest BCUT2D eigenvalue weighted by Crippen LogP contribution is 2.20. The van der Waals surface area contributed by atoms with Crippen molar-refractivity contribution in [3.63, 3.8) is 0 Å². The molecule has 2 aliphatic rings. The van der Waals surface area contributed by atoms with Crippen LogP contribution in [0.3, 0.4) is 0 Å². The molecule has 3 heteroatoms. The molecule has 2 saturated heterocycles. The lowest BCUT2D eigenvalue weighted by Gasteiger charge is -2.29. The molecule has 0 aromatic rings. The van der Waals surface area contributed by atoms with Crippen LogP contribution in [0.15, 0.2) is 12.7 Å². The molecule has 110 valence electrons. The van der Waals surface area contributed by atoms with Gasteiger partial charge in [0.1, 0.15) is 0 Å². The van der Waals surface area contributed by atoms with E-state index in [1.807, 2.05) is 6.08 Å². The van der Waals surface area contributed by atoms with Crippen molar-refractivity contribution in [3.05, 3.63) is 12.7 Å². The van der Waals surface area contributed by atoms with Crippen molar-refractivity contribution in [1.29, 1.82) is 0 Å². The lowest BCUT2D eigenvalue weighted by molar-refractivity contribution is 0.114. The Morgan fingerprint density at radius 1 is 1.16 bits per heavy atom. The van der Waals surface area contributed by atoms with Gasteiger partial charge in [-0.25, -0.2) is 0 Å². The SMILES string of the molecule is C=CCCC(O)CN1CCC(CN2CCCCC2)C1. The Balaban J connectivity index is 1.63. The zero-order chi connectivity index (χ0) is 13.5. The van der Waals surface area contributed by atoms with Crippen molar-refractivity contribution < 1.29 is 5.11 Å². The van der Waals surface area contributed by atoms with Crippen LogP contribution in [-0.2, 0) is 0 Å². The summed E-state index contributed by atoms with van der Waals surface area (Å²) in [4.78, 5) is 5.09. The molecule has 2 fully saturated rings. The van der Waals surface area contributed by atoms with E-state index in [-0.39, 0.29) is 6.10 Å². The Labute approximate surface area is 118 Å². The minimum Gasteiger partial charge on any atom is -0.392 e. The van der Waals surface area contributed by atoms with Crippen LogP contribution in [0.1, 0.15) is 38.5 Å². The molecule has 2 unspecified atom stereocenters. The Hall–Kier alpha value is -0.380. The average Bonchev–Trinajstić information content (AvgIpc) is 2.85. The third-order valence-corrected chi connectivity index (χ3v) is 4.51. The van der Waals surface area contributed by atoms with Crippen LogP contribution in [0.5, 0.6) is 0 Å². The normalized spacial score (nSPS) is 27.5. The van der Waals surface area contributed by atoms with Crippen molar-refractivity contribution in [2.75, 3.05) is 39.3 Å². The highest BCUT2D eigenvalue weighted by atomic mass is 16.3. The van der Waals surface area contributed by atoms with Gasteiger partial charge >= 0.3 is 0 Å². The zero-order valence-corrected chi connectivity index (χ0v) is 12.3. The van der Waals surface area contributed by atoms with E-state index in [1.165, 1.54) is 58.4 Å². The summed E-state index contributed by atoms with van der Waals surface area (Å²) in [6.07, 6.45) is 9.00. The molecule has 2 heterocycles. The quantitative estimate of drug-likeness (QED) is 0.715. The first-order chi connectivity index (χ1) is 9.28. The largest absolute Gasteiger partial charge is 0.392 e. The molecule has 0 bridgehead atoms. The van der Waals surface area contributed by atoms with Crippen LogP contribution in [0, 0.1) is 5.92 Å². The summed E-state index contributed by atoms with van der Waals surface area (Å²) in [5, 5.41) is 9.95. The third kappa shape index (κ3) is 5.25. The van der Waals surface area contributed by atoms with Gasteiger partial charge in [-0.2, -0.15) is 0 Å². The van der Waals surface area contributed by atoms with Gasteiger partial charge in [0.2, 0.25) is 0 Å². The topological polar surface area (TPSA) is 26.7 Å². The second kappa shape index (κ2) is 8.03. The average molecular weight is 266 g/mol. The summed E-state index contributed by atoms with van der Waals surface area (Å²) in [5.41, 5.74) is 0. The standard InChI is InChI=1S/C16H30N2O/c1-2-3-7-16(19)14-18-11-8-15(13-18)12-17-9-5-4-6-10-17/h2,15-16,19H,1,3-14H2.